The monoisotopic (exact) mass is 301 g/mol. The number of hydrogen-bond acceptors (Lipinski definition) is 4. The van der Waals surface area contributed by atoms with Gasteiger partial charge in [0.2, 0.25) is 0 Å². The lowest BCUT2D eigenvalue weighted by molar-refractivity contribution is -0.115. The summed E-state index contributed by atoms with van der Waals surface area (Å²) in [5.41, 5.74) is 0.976. The molecule has 20 heavy (non-hydrogen) atoms. The zero-order valence-corrected chi connectivity index (χ0v) is 12.3. The third-order valence-electron chi connectivity index (χ3n) is 3.07. The van der Waals surface area contributed by atoms with Crippen molar-refractivity contribution < 1.29 is 9.53 Å². The van der Waals surface area contributed by atoms with E-state index >= 15 is 0 Å². The van der Waals surface area contributed by atoms with Crippen LogP contribution in [0.3, 0.4) is 0 Å². The lowest BCUT2D eigenvalue weighted by atomic mass is 10.0. The van der Waals surface area contributed by atoms with Crippen molar-refractivity contribution in [2.24, 2.45) is 0 Å². The van der Waals surface area contributed by atoms with Crippen LogP contribution in [-0.4, -0.2) is 17.3 Å². The van der Waals surface area contributed by atoms with Crippen molar-refractivity contribution in [1.82, 2.24) is 5.32 Å². The number of methoxy groups -OCH3 is 1. The molecule has 0 unspecified atom stereocenters. The molecule has 0 aliphatic carbocycles. The number of thioether (sulfide) groups is 1. The van der Waals surface area contributed by atoms with Gasteiger partial charge in [0.1, 0.15) is 10.1 Å². The average Bonchev–Trinajstić information content (AvgIpc) is 2.77. The Morgan fingerprint density at radius 2 is 1.95 bits per heavy atom. The van der Waals surface area contributed by atoms with Crippen molar-refractivity contribution in [2.75, 3.05) is 7.11 Å². The minimum Gasteiger partial charge on any atom is -0.496 e. The van der Waals surface area contributed by atoms with Gasteiger partial charge in [-0.3, -0.25) is 4.79 Å². The molecule has 1 fully saturated rings. The summed E-state index contributed by atoms with van der Waals surface area (Å²) < 4.78 is 5.86. The van der Waals surface area contributed by atoms with Crippen molar-refractivity contribution in [3.05, 3.63) is 46.9 Å². The second-order valence-corrected chi connectivity index (χ2v) is 5.97. The van der Waals surface area contributed by atoms with E-state index in [0.29, 0.717) is 9.23 Å². The van der Waals surface area contributed by atoms with Gasteiger partial charge in [-0.15, -0.1) is 0 Å². The van der Waals surface area contributed by atoms with E-state index in [-0.39, 0.29) is 5.91 Å². The summed E-state index contributed by atoms with van der Waals surface area (Å²) >= 11 is 6.28. The molecule has 1 aliphatic rings. The van der Waals surface area contributed by atoms with Gasteiger partial charge in [-0.1, -0.05) is 54.3 Å². The molecule has 1 heterocycles. The van der Waals surface area contributed by atoms with E-state index in [2.05, 4.69) is 5.32 Å². The zero-order chi connectivity index (χ0) is 14.1. The minimum atomic E-state index is -0.139. The molecule has 1 amide bonds. The summed E-state index contributed by atoms with van der Waals surface area (Å²) in [5.74, 6) is 0.682. The summed E-state index contributed by atoms with van der Waals surface area (Å²) in [6.07, 6.45) is 1.86. The highest BCUT2D eigenvalue weighted by molar-refractivity contribution is 8.26. The minimum absolute atomic E-state index is 0.139. The molecule has 1 N–H and O–H groups in total. The standard InChI is InChI=1S/C15H11NO2S2/c1-18-12-7-6-9(10-4-2-3-5-11(10)12)8-13-14(17)16-15(19)20-13/h2-8H,1H3,(H,16,17,19)/b13-8+. The Morgan fingerprint density at radius 1 is 1.20 bits per heavy atom. The van der Waals surface area contributed by atoms with E-state index in [1.165, 1.54) is 11.8 Å². The maximum atomic E-state index is 11.7. The first-order chi connectivity index (χ1) is 9.69. The summed E-state index contributed by atoms with van der Waals surface area (Å²) in [6.45, 7) is 0. The van der Waals surface area contributed by atoms with Crippen molar-refractivity contribution in [3.8, 4) is 5.75 Å². The number of fused-ring (bicyclic) bond motifs is 1. The molecule has 0 spiro atoms. The predicted molar refractivity (Wildman–Crippen MR) is 86.8 cm³/mol. The first-order valence-electron chi connectivity index (χ1n) is 5.99. The highest BCUT2D eigenvalue weighted by atomic mass is 32.2. The molecule has 0 saturated carbocycles. The molecule has 2 aromatic rings. The molecule has 3 rings (SSSR count). The summed E-state index contributed by atoms with van der Waals surface area (Å²) in [7, 11) is 1.65. The van der Waals surface area contributed by atoms with Crippen molar-refractivity contribution in [2.45, 2.75) is 0 Å². The molecule has 100 valence electrons. The van der Waals surface area contributed by atoms with Crippen LogP contribution >= 0.6 is 24.0 Å². The number of hydrogen-bond donors (Lipinski definition) is 1. The van der Waals surface area contributed by atoms with E-state index in [9.17, 15) is 4.79 Å². The van der Waals surface area contributed by atoms with E-state index in [1.807, 2.05) is 42.5 Å². The molecular formula is C15H11NO2S2. The van der Waals surface area contributed by atoms with Crippen LogP contribution in [0.25, 0.3) is 16.8 Å². The van der Waals surface area contributed by atoms with Gasteiger partial charge in [0.25, 0.3) is 5.91 Å². The predicted octanol–water partition coefficient (Wildman–Crippen LogP) is 3.34. The van der Waals surface area contributed by atoms with Crippen molar-refractivity contribution in [1.29, 1.82) is 0 Å². The second kappa shape index (κ2) is 5.26. The smallest absolute Gasteiger partial charge is 0.263 e. The van der Waals surface area contributed by atoms with Crippen LogP contribution < -0.4 is 10.1 Å². The number of rotatable bonds is 2. The van der Waals surface area contributed by atoms with Crippen LogP contribution in [0.15, 0.2) is 41.3 Å². The molecule has 0 aromatic heterocycles. The first kappa shape index (κ1) is 13.1. The lowest BCUT2D eigenvalue weighted by Gasteiger charge is -2.08. The molecule has 1 aliphatic heterocycles. The Labute approximate surface area is 126 Å². The SMILES string of the molecule is COc1ccc(/C=C2/SC(=S)NC2=O)c2ccccc12. The van der Waals surface area contributed by atoms with Gasteiger partial charge in [-0.05, 0) is 23.1 Å². The molecule has 3 nitrogen and oxygen atoms in total. The van der Waals surface area contributed by atoms with E-state index in [4.69, 9.17) is 17.0 Å². The highest BCUT2D eigenvalue weighted by Crippen LogP contribution is 2.32. The Balaban J connectivity index is 2.16. The number of amides is 1. The van der Waals surface area contributed by atoms with Gasteiger partial charge in [0.15, 0.2) is 0 Å². The van der Waals surface area contributed by atoms with Crippen LogP contribution in [0.2, 0.25) is 0 Å². The van der Waals surface area contributed by atoms with Gasteiger partial charge >= 0.3 is 0 Å². The molecular weight excluding hydrogens is 290 g/mol. The molecule has 2 aromatic carbocycles. The fourth-order valence-corrected chi connectivity index (χ4v) is 3.20. The number of nitrogens with one attached hydrogen (secondary N) is 1. The van der Waals surface area contributed by atoms with Gasteiger partial charge in [-0.2, -0.15) is 0 Å². The average molecular weight is 301 g/mol. The topological polar surface area (TPSA) is 38.3 Å². The maximum absolute atomic E-state index is 11.7. The van der Waals surface area contributed by atoms with Crippen LogP contribution in [0.4, 0.5) is 0 Å². The zero-order valence-electron chi connectivity index (χ0n) is 10.7. The maximum Gasteiger partial charge on any atom is 0.263 e. The van der Waals surface area contributed by atoms with Crippen LogP contribution in [0, 0.1) is 0 Å². The quantitative estimate of drug-likeness (QED) is 0.682. The molecule has 0 atom stereocenters. The normalized spacial score (nSPS) is 16.8. The van der Waals surface area contributed by atoms with Gasteiger partial charge in [-0.25, -0.2) is 0 Å². The number of benzene rings is 2. The first-order valence-corrected chi connectivity index (χ1v) is 7.22. The Morgan fingerprint density at radius 3 is 2.60 bits per heavy atom. The van der Waals surface area contributed by atoms with Gasteiger partial charge in [0.05, 0.1) is 12.0 Å². The fraction of sp³-hybridized carbons (Fsp3) is 0.0667. The second-order valence-electron chi connectivity index (χ2n) is 4.25. The van der Waals surface area contributed by atoms with Gasteiger partial charge in [0, 0.05) is 5.39 Å². The third-order valence-corrected chi connectivity index (χ3v) is 4.23. The van der Waals surface area contributed by atoms with E-state index in [0.717, 1.165) is 22.1 Å². The third kappa shape index (κ3) is 2.30. The van der Waals surface area contributed by atoms with Crippen molar-refractivity contribution in [3.63, 3.8) is 0 Å². The Hall–Kier alpha value is -1.85. The number of carbonyl (C=O) groups excluding carboxylic acids is 1. The van der Waals surface area contributed by atoms with E-state index < -0.39 is 0 Å². The molecule has 5 heteroatoms. The number of carbonyl (C=O) groups is 1. The Kier molecular flexibility index (Phi) is 3.46. The largest absolute Gasteiger partial charge is 0.496 e. The van der Waals surface area contributed by atoms with Crippen LogP contribution in [0.5, 0.6) is 5.75 Å². The van der Waals surface area contributed by atoms with Gasteiger partial charge < -0.3 is 10.1 Å². The number of ether oxygens (including phenoxy) is 1. The fourth-order valence-electron chi connectivity index (χ4n) is 2.16. The molecule has 0 bridgehead atoms. The van der Waals surface area contributed by atoms with Crippen LogP contribution in [0.1, 0.15) is 5.56 Å². The van der Waals surface area contributed by atoms with Crippen LogP contribution in [-0.2, 0) is 4.79 Å². The molecule has 0 radical (unpaired) electrons. The summed E-state index contributed by atoms with van der Waals surface area (Å²) in [4.78, 5) is 12.4. The number of thiocarbonyl (C=S) groups is 1. The lowest BCUT2D eigenvalue weighted by Crippen LogP contribution is -2.17. The van der Waals surface area contributed by atoms with E-state index in [1.54, 1.807) is 7.11 Å². The highest BCUT2D eigenvalue weighted by Gasteiger charge is 2.22. The summed E-state index contributed by atoms with van der Waals surface area (Å²) in [5, 5.41) is 4.69. The summed E-state index contributed by atoms with van der Waals surface area (Å²) in [6, 6.07) is 11.8. The molecule has 1 saturated heterocycles. The van der Waals surface area contributed by atoms with Crippen molar-refractivity contribution >= 4 is 51.1 Å². The Bertz CT molecular complexity index is 753.